The third-order valence-corrected chi connectivity index (χ3v) is 2.94. The Morgan fingerprint density at radius 1 is 1.04 bits per heavy atom. The molecule has 0 atom stereocenters. The zero-order valence-electron chi connectivity index (χ0n) is 12.5. The molecule has 0 bridgehead atoms. The number of carbonyl (C=O) groups is 2. The van der Waals surface area contributed by atoms with Crippen molar-refractivity contribution in [2.75, 3.05) is 13.7 Å². The van der Waals surface area contributed by atoms with E-state index in [0.717, 1.165) is 12.1 Å². The van der Waals surface area contributed by atoms with E-state index in [-0.39, 0.29) is 5.75 Å². The molecule has 1 amide bonds. The van der Waals surface area contributed by atoms with Crippen LogP contribution in [0, 0.1) is 11.6 Å². The van der Waals surface area contributed by atoms with E-state index in [9.17, 15) is 18.4 Å². The molecule has 0 fully saturated rings. The van der Waals surface area contributed by atoms with Gasteiger partial charge in [-0.25, -0.2) is 13.6 Å². The maximum atomic E-state index is 13.9. The lowest BCUT2D eigenvalue weighted by atomic mass is 10.1. The summed E-state index contributed by atoms with van der Waals surface area (Å²) >= 11 is 0. The number of nitrogens with two attached hydrogens (primary N) is 1. The van der Waals surface area contributed by atoms with Crippen molar-refractivity contribution in [2.45, 2.75) is 0 Å². The molecule has 0 saturated heterocycles. The number of carbonyl (C=O) groups excluding carboxylic acids is 2. The number of benzene rings is 2. The van der Waals surface area contributed by atoms with Crippen LogP contribution in [-0.4, -0.2) is 25.6 Å². The number of hydrogen-bond donors (Lipinski definition) is 1. The van der Waals surface area contributed by atoms with Gasteiger partial charge in [-0.3, -0.25) is 4.79 Å². The summed E-state index contributed by atoms with van der Waals surface area (Å²) in [7, 11) is 1.49. The number of rotatable bonds is 6. The zero-order valence-corrected chi connectivity index (χ0v) is 12.5. The molecule has 2 aromatic rings. The third kappa shape index (κ3) is 3.97. The van der Waals surface area contributed by atoms with E-state index >= 15 is 0 Å². The molecule has 0 unspecified atom stereocenters. The number of halogens is 2. The highest BCUT2D eigenvalue weighted by Gasteiger charge is 2.20. The van der Waals surface area contributed by atoms with E-state index in [0.29, 0.717) is 5.75 Å². The number of ether oxygens (including phenoxy) is 3. The number of methoxy groups -OCH3 is 1. The van der Waals surface area contributed by atoms with Gasteiger partial charge in [-0.1, -0.05) is 0 Å². The topological polar surface area (TPSA) is 87.8 Å². The van der Waals surface area contributed by atoms with Crippen LogP contribution >= 0.6 is 0 Å². The molecule has 8 heteroatoms. The normalized spacial score (nSPS) is 10.1. The monoisotopic (exact) mass is 337 g/mol. The molecule has 2 rings (SSSR count). The average Bonchev–Trinajstić information content (AvgIpc) is 2.54. The lowest BCUT2D eigenvalue weighted by Crippen LogP contribution is -2.20. The molecule has 2 aromatic carbocycles. The second-order valence-corrected chi connectivity index (χ2v) is 4.54. The van der Waals surface area contributed by atoms with Gasteiger partial charge in [0.2, 0.25) is 0 Å². The van der Waals surface area contributed by atoms with E-state index in [1.54, 1.807) is 12.1 Å². The summed E-state index contributed by atoms with van der Waals surface area (Å²) in [5.74, 6) is -4.16. The number of amides is 1. The van der Waals surface area contributed by atoms with Crippen molar-refractivity contribution in [3.63, 3.8) is 0 Å². The van der Waals surface area contributed by atoms with Crippen LogP contribution in [0.3, 0.4) is 0 Å². The second-order valence-electron chi connectivity index (χ2n) is 4.54. The first-order valence-corrected chi connectivity index (χ1v) is 6.67. The Morgan fingerprint density at radius 2 is 1.67 bits per heavy atom. The fourth-order valence-corrected chi connectivity index (χ4v) is 1.81. The zero-order chi connectivity index (χ0) is 17.7. The minimum Gasteiger partial charge on any atom is -0.497 e. The van der Waals surface area contributed by atoms with Gasteiger partial charge >= 0.3 is 5.97 Å². The summed E-state index contributed by atoms with van der Waals surface area (Å²) in [6.07, 6.45) is 0. The molecule has 0 radical (unpaired) electrons. The van der Waals surface area contributed by atoms with Crippen LogP contribution in [0.5, 0.6) is 17.2 Å². The Morgan fingerprint density at radius 3 is 2.25 bits per heavy atom. The Labute approximate surface area is 135 Å². The van der Waals surface area contributed by atoms with Crippen molar-refractivity contribution >= 4 is 11.9 Å². The third-order valence-electron chi connectivity index (χ3n) is 2.94. The van der Waals surface area contributed by atoms with Gasteiger partial charge in [-0.2, -0.15) is 0 Å². The van der Waals surface area contributed by atoms with E-state index in [2.05, 4.69) is 0 Å². The number of esters is 1. The molecular weight excluding hydrogens is 324 g/mol. The summed E-state index contributed by atoms with van der Waals surface area (Å²) in [6.45, 7) is -0.646. The molecule has 0 saturated carbocycles. The number of hydrogen-bond acceptors (Lipinski definition) is 5. The van der Waals surface area contributed by atoms with Crippen molar-refractivity contribution in [3.05, 3.63) is 53.6 Å². The lowest BCUT2D eigenvalue weighted by molar-refractivity contribution is -0.136. The maximum Gasteiger partial charge on any atom is 0.349 e. The average molecular weight is 337 g/mol. The Bertz CT molecular complexity index is 762. The largest absolute Gasteiger partial charge is 0.497 e. The first-order valence-electron chi connectivity index (χ1n) is 6.67. The first-order chi connectivity index (χ1) is 11.4. The summed E-state index contributed by atoms with van der Waals surface area (Å²) in [5, 5.41) is 0. The minimum atomic E-state index is -1.28. The maximum absolute atomic E-state index is 13.9. The van der Waals surface area contributed by atoms with Crippen LogP contribution in [0.15, 0.2) is 36.4 Å². The molecule has 0 aliphatic rings. The van der Waals surface area contributed by atoms with Gasteiger partial charge in [0.25, 0.3) is 5.91 Å². The van der Waals surface area contributed by atoms with E-state index in [1.165, 1.54) is 19.2 Å². The van der Waals surface area contributed by atoms with Crippen LogP contribution < -0.4 is 19.9 Å². The van der Waals surface area contributed by atoms with Gasteiger partial charge in [0.15, 0.2) is 18.2 Å². The van der Waals surface area contributed by atoms with Gasteiger partial charge in [0.05, 0.1) is 7.11 Å². The quantitative estimate of drug-likeness (QED) is 0.644. The van der Waals surface area contributed by atoms with Crippen molar-refractivity contribution in [3.8, 4) is 17.2 Å². The van der Waals surface area contributed by atoms with Crippen LogP contribution in [0.1, 0.15) is 10.4 Å². The molecule has 24 heavy (non-hydrogen) atoms. The van der Waals surface area contributed by atoms with Crippen molar-refractivity contribution in [1.29, 1.82) is 0 Å². The highest BCUT2D eigenvalue weighted by atomic mass is 19.1. The van der Waals surface area contributed by atoms with Crippen molar-refractivity contribution in [1.82, 2.24) is 0 Å². The molecule has 0 spiro atoms. The van der Waals surface area contributed by atoms with Gasteiger partial charge < -0.3 is 19.9 Å². The van der Waals surface area contributed by atoms with Gasteiger partial charge in [-0.05, 0) is 36.4 Å². The van der Waals surface area contributed by atoms with E-state index in [1.807, 2.05) is 0 Å². The number of primary amides is 1. The SMILES string of the molecule is COc1ccc(OC(=O)COc2ccc(F)c(C(N)=O)c2F)cc1. The van der Waals surface area contributed by atoms with Crippen molar-refractivity contribution < 1.29 is 32.6 Å². The second kappa shape index (κ2) is 7.40. The van der Waals surface area contributed by atoms with Crippen molar-refractivity contribution in [2.24, 2.45) is 5.73 Å². The Balaban J connectivity index is 2.01. The molecule has 0 aliphatic heterocycles. The summed E-state index contributed by atoms with van der Waals surface area (Å²) in [4.78, 5) is 22.7. The fraction of sp³-hybridized carbons (Fsp3) is 0.125. The standard InChI is InChI=1S/C16H13F2NO5/c1-22-9-2-4-10(5-3-9)24-13(20)8-23-12-7-6-11(17)14(15(12)18)16(19)21/h2-7H,8H2,1H3,(H2,19,21). The van der Waals surface area contributed by atoms with Crippen LogP contribution in [0.4, 0.5) is 8.78 Å². The predicted octanol–water partition coefficient (Wildman–Crippen LogP) is 2.06. The summed E-state index contributed by atoms with van der Waals surface area (Å²) < 4.78 is 42.1. The summed E-state index contributed by atoms with van der Waals surface area (Å²) in [6, 6.07) is 7.93. The highest BCUT2D eigenvalue weighted by molar-refractivity contribution is 5.93. The Kier molecular flexibility index (Phi) is 5.31. The first kappa shape index (κ1) is 17.2. The van der Waals surface area contributed by atoms with Gasteiger partial charge in [0, 0.05) is 0 Å². The predicted molar refractivity (Wildman–Crippen MR) is 79.0 cm³/mol. The molecule has 0 aliphatic carbocycles. The van der Waals surface area contributed by atoms with E-state index < -0.39 is 41.4 Å². The van der Waals surface area contributed by atoms with Crippen LogP contribution in [0.2, 0.25) is 0 Å². The minimum absolute atomic E-state index is 0.238. The van der Waals surface area contributed by atoms with E-state index in [4.69, 9.17) is 19.9 Å². The van der Waals surface area contributed by atoms with Crippen LogP contribution in [0.25, 0.3) is 0 Å². The highest BCUT2D eigenvalue weighted by Crippen LogP contribution is 2.23. The van der Waals surface area contributed by atoms with Gasteiger partial charge in [0.1, 0.15) is 22.9 Å². The molecular formula is C16H13F2NO5. The molecule has 2 N–H and O–H groups in total. The summed E-state index contributed by atoms with van der Waals surface area (Å²) in [5.41, 5.74) is 3.96. The Hall–Kier alpha value is -3.16. The van der Waals surface area contributed by atoms with Crippen LogP contribution in [-0.2, 0) is 4.79 Å². The fourth-order valence-electron chi connectivity index (χ4n) is 1.81. The molecule has 126 valence electrons. The van der Waals surface area contributed by atoms with Gasteiger partial charge in [-0.15, -0.1) is 0 Å². The lowest BCUT2D eigenvalue weighted by Gasteiger charge is -2.09. The smallest absolute Gasteiger partial charge is 0.349 e. The molecule has 0 heterocycles. The molecule has 6 nitrogen and oxygen atoms in total. The molecule has 0 aromatic heterocycles.